The maximum Gasteiger partial charge on any atom is 0.409 e. The van der Waals surface area contributed by atoms with E-state index < -0.39 is 16.1 Å². The summed E-state index contributed by atoms with van der Waals surface area (Å²) >= 11 is 0. The second kappa shape index (κ2) is 11.0. The van der Waals surface area contributed by atoms with E-state index in [2.05, 4.69) is 0 Å². The van der Waals surface area contributed by atoms with Crippen molar-refractivity contribution in [2.75, 3.05) is 49.9 Å². The number of nitrogens with zero attached hydrogens (tertiary/aromatic N) is 3. The number of amides is 2. The number of carbonyl (C=O) groups excluding carboxylic acids is 2. The van der Waals surface area contributed by atoms with Gasteiger partial charge in [-0.3, -0.25) is 9.10 Å². The lowest BCUT2D eigenvalue weighted by molar-refractivity contribution is -0.131. The second-order valence-corrected chi connectivity index (χ2v) is 9.51. The van der Waals surface area contributed by atoms with Crippen LogP contribution in [0.1, 0.15) is 12.5 Å². The monoisotopic (exact) mass is 475 g/mol. The topological polar surface area (TPSA) is 96.5 Å². The fraction of sp³-hybridized carbons (Fsp3) is 0.391. The van der Waals surface area contributed by atoms with Gasteiger partial charge in [-0.05, 0) is 36.8 Å². The van der Waals surface area contributed by atoms with Gasteiger partial charge in [-0.1, -0.05) is 30.3 Å². The molecule has 33 heavy (non-hydrogen) atoms. The molecule has 10 heteroatoms. The Morgan fingerprint density at radius 3 is 2.12 bits per heavy atom. The average molecular weight is 476 g/mol. The molecule has 3 rings (SSSR count). The molecule has 0 bridgehead atoms. The Kier molecular flexibility index (Phi) is 8.16. The predicted molar refractivity (Wildman–Crippen MR) is 125 cm³/mol. The summed E-state index contributed by atoms with van der Waals surface area (Å²) in [6, 6.07) is 16.3. The minimum absolute atomic E-state index is 0.289. The second-order valence-electron chi connectivity index (χ2n) is 7.60. The highest BCUT2D eigenvalue weighted by atomic mass is 32.2. The van der Waals surface area contributed by atoms with Crippen LogP contribution in [0.3, 0.4) is 0 Å². The lowest BCUT2D eigenvalue weighted by Gasteiger charge is -2.35. The van der Waals surface area contributed by atoms with E-state index in [0.29, 0.717) is 44.2 Å². The molecule has 0 spiro atoms. The number of ether oxygens (including phenoxy) is 2. The largest absolute Gasteiger partial charge is 0.489 e. The van der Waals surface area contributed by atoms with E-state index >= 15 is 0 Å². The van der Waals surface area contributed by atoms with Crippen LogP contribution in [0.15, 0.2) is 54.6 Å². The molecule has 0 aromatic heterocycles. The first-order chi connectivity index (χ1) is 15.8. The molecule has 178 valence electrons. The number of sulfonamides is 1. The maximum absolute atomic E-state index is 12.8. The summed E-state index contributed by atoms with van der Waals surface area (Å²) in [6.45, 7) is 3.43. The third kappa shape index (κ3) is 6.85. The molecule has 0 radical (unpaired) electrons. The molecular formula is C23H29N3O6S. The Hall–Kier alpha value is -3.27. The molecule has 0 unspecified atom stereocenters. The van der Waals surface area contributed by atoms with Crippen molar-refractivity contribution >= 4 is 27.7 Å². The van der Waals surface area contributed by atoms with E-state index in [-0.39, 0.29) is 19.1 Å². The van der Waals surface area contributed by atoms with Crippen molar-refractivity contribution in [1.82, 2.24) is 9.80 Å². The molecule has 0 aliphatic carbocycles. The Labute approximate surface area is 194 Å². The maximum atomic E-state index is 12.8. The minimum Gasteiger partial charge on any atom is -0.489 e. The summed E-state index contributed by atoms with van der Waals surface area (Å²) in [4.78, 5) is 27.7. The molecule has 0 N–H and O–H groups in total. The Bertz CT molecular complexity index is 1040. The number of anilines is 1. The zero-order valence-corrected chi connectivity index (χ0v) is 19.7. The first-order valence-corrected chi connectivity index (χ1v) is 12.6. The van der Waals surface area contributed by atoms with Crippen LogP contribution >= 0.6 is 0 Å². The van der Waals surface area contributed by atoms with Crippen LogP contribution in [-0.4, -0.2) is 75.8 Å². The lowest BCUT2D eigenvalue weighted by Crippen LogP contribution is -2.53. The molecule has 1 heterocycles. The van der Waals surface area contributed by atoms with Crippen molar-refractivity contribution in [2.45, 2.75) is 13.5 Å². The van der Waals surface area contributed by atoms with Gasteiger partial charge in [0.05, 0.1) is 18.6 Å². The van der Waals surface area contributed by atoms with E-state index in [1.54, 1.807) is 36.1 Å². The number of hydrogen-bond donors (Lipinski definition) is 0. The van der Waals surface area contributed by atoms with Crippen molar-refractivity contribution in [3.63, 3.8) is 0 Å². The van der Waals surface area contributed by atoms with Crippen molar-refractivity contribution in [1.29, 1.82) is 0 Å². The van der Waals surface area contributed by atoms with Crippen LogP contribution in [-0.2, 0) is 26.2 Å². The van der Waals surface area contributed by atoms with Crippen molar-refractivity contribution in [2.24, 2.45) is 0 Å². The van der Waals surface area contributed by atoms with Gasteiger partial charge in [0, 0.05) is 26.2 Å². The Balaban J connectivity index is 1.61. The van der Waals surface area contributed by atoms with Crippen LogP contribution in [0.2, 0.25) is 0 Å². The molecule has 1 saturated heterocycles. The zero-order valence-electron chi connectivity index (χ0n) is 18.8. The standard InChI is InChI=1S/C23H29N3O6S/c1-3-31-23(28)25-15-13-24(14-16-25)22(27)17-26(33(2,29)30)20-9-11-21(12-10-20)32-18-19-7-5-4-6-8-19/h4-12H,3,13-18H2,1-2H3. The highest BCUT2D eigenvalue weighted by Crippen LogP contribution is 2.22. The van der Waals surface area contributed by atoms with E-state index in [4.69, 9.17) is 9.47 Å². The zero-order chi connectivity index (χ0) is 23.8. The third-order valence-corrected chi connectivity index (χ3v) is 6.35. The molecule has 1 fully saturated rings. The van der Waals surface area contributed by atoms with Gasteiger partial charge < -0.3 is 19.3 Å². The van der Waals surface area contributed by atoms with Gasteiger partial charge in [0.25, 0.3) is 0 Å². The summed E-state index contributed by atoms with van der Waals surface area (Å²) in [5.41, 5.74) is 1.40. The van der Waals surface area contributed by atoms with Gasteiger partial charge in [0.1, 0.15) is 18.9 Å². The highest BCUT2D eigenvalue weighted by Gasteiger charge is 2.28. The fourth-order valence-electron chi connectivity index (χ4n) is 3.43. The molecule has 1 aliphatic rings. The summed E-state index contributed by atoms with van der Waals surface area (Å²) in [5.74, 6) is 0.269. The molecule has 2 aromatic carbocycles. The molecule has 2 amide bonds. The number of piperazine rings is 1. The molecule has 1 aliphatic heterocycles. The average Bonchev–Trinajstić information content (AvgIpc) is 2.82. The summed E-state index contributed by atoms with van der Waals surface area (Å²) in [6.07, 6.45) is 0.663. The van der Waals surface area contributed by atoms with Gasteiger partial charge in [0.2, 0.25) is 15.9 Å². The van der Waals surface area contributed by atoms with Crippen LogP contribution < -0.4 is 9.04 Å². The highest BCUT2D eigenvalue weighted by molar-refractivity contribution is 7.92. The van der Waals surface area contributed by atoms with Crippen LogP contribution in [0.25, 0.3) is 0 Å². The molecular weight excluding hydrogens is 446 g/mol. The lowest BCUT2D eigenvalue weighted by atomic mass is 10.2. The number of rotatable bonds is 8. The Morgan fingerprint density at radius 1 is 0.939 bits per heavy atom. The predicted octanol–water partition coefficient (Wildman–Crippen LogP) is 2.33. The molecule has 0 atom stereocenters. The van der Waals surface area contributed by atoms with Gasteiger partial charge in [0.15, 0.2) is 0 Å². The first kappa shape index (κ1) is 24.4. The summed E-state index contributed by atoms with van der Waals surface area (Å²) < 4.78 is 36.6. The van der Waals surface area contributed by atoms with Gasteiger partial charge in [-0.2, -0.15) is 0 Å². The first-order valence-electron chi connectivity index (χ1n) is 10.7. The van der Waals surface area contributed by atoms with E-state index in [1.807, 2.05) is 30.3 Å². The SMILES string of the molecule is CCOC(=O)N1CCN(C(=O)CN(c2ccc(OCc3ccccc3)cc2)S(C)(=O)=O)CC1. The third-order valence-electron chi connectivity index (χ3n) is 5.21. The van der Waals surface area contributed by atoms with Gasteiger partial charge >= 0.3 is 6.09 Å². The van der Waals surface area contributed by atoms with E-state index in [1.165, 1.54) is 4.90 Å². The van der Waals surface area contributed by atoms with E-state index in [9.17, 15) is 18.0 Å². The van der Waals surface area contributed by atoms with Crippen LogP contribution in [0, 0.1) is 0 Å². The smallest absolute Gasteiger partial charge is 0.409 e. The van der Waals surface area contributed by atoms with Gasteiger partial charge in [-0.25, -0.2) is 13.2 Å². The van der Waals surface area contributed by atoms with Crippen molar-refractivity contribution in [3.8, 4) is 5.75 Å². The van der Waals surface area contributed by atoms with Gasteiger partial charge in [-0.15, -0.1) is 0 Å². The van der Waals surface area contributed by atoms with Crippen LogP contribution in [0.4, 0.5) is 10.5 Å². The normalized spacial score (nSPS) is 14.0. The van der Waals surface area contributed by atoms with E-state index in [0.717, 1.165) is 16.1 Å². The molecule has 2 aromatic rings. The minimum atomic E-state index is -3.69. The fourth-order valence-corrected chi connectivity index (χ4v) is 4.28. The summed E-state index contributed by atoms with van der Waals surface area (Å²) in [7, 11) is -3.69. The molecule has 9 nitrogen and oxygen atoms in total. The van der Waals surface area contributed by atoms with Crippen molar-refractivity contribution in [3.05, 3.63) is 60.2 Å². The molecule has 0 saturated carbocycles. The number of hydrogen-bond acceptors (Lipinski definition) is 6. The van der Waals surface area contributed by atoms with Crippen molar-refractivity contribution < 1.29 is 27.5 Å². The Morgan fingerprint density at radius 2 is 1.55 bits per heavy atom. The number of benzene rings is 2. The quantitative estimate of drug-likeness (QED) is 0.582. The van der Waals surface area contributed by atoms with Crippen LogP contribution in [0.5, 0.6) is 5.75 Å². The number of carbonyl (C=O) groups is 2. The summed E-state index contributed by atoms with van der Waals surface area (Å²) in [5, 5.41) is 0.